The van der Waals surface area contributed by atoms with E-state index < -0.39 is 20.2 Å². The number of hydrogen-bond acceptors (Lipinski definition) is 2. The van der Waals surface area contributed by atoms with E-state index in [1.54, 1.807) is 13.8 Å². The fraction of sp³-hybridized carbons (Fsp3) is 0.600. The summed E-state index contributed by atoms with van der Waals surface area (Å²) in [5, 5.41) is -0.400. The second kappa shape index (κ2) is 4.19. The van der Waals surface area contributed by atoms with E-state index in [1.807, 2.05) is 0 Å². The predicted molar refractivity (Wildman–Crippen MR) is 51.5 cm³/mol. The van der Waals surface area contributed by atoms with Gasteiger partial charge in [-0.15, -0.1) is 0 Å². The van der Waals surface area contributed by atoms with Crippen LogP contribution in [-0.4, -0.2) is 38.0 Å². The van der Waals surface area contributed by atoms with Gasteiger partial charge < -0.3 is 0 Å². The topological polar surface area (TPSA) is 46.2 Å². The molecule has 0 spiro atoms. The number of nitrogens with one attached hydrogen (secondary N) is 1. The minimum Gasteiger partial charge on any atom is -0.210 e. The van der Waals surface area contributed by atoms with Crippen LogP contribution in [0.4, 0.5) is 0 Å². The zero-order valence-electron chi connectivity index (χ0n) is 7.03. The molecule has 0 saturated carbocycles. The van der Waals surface area contributed by atoms with Gasteiger partial charge in [0.2, 0.25) is 10.0 Å². The lowest BCUT2D eigenvalue weighted by molar-refractivity contribution is 0.578. The third-order valence-electron chi connectivity index (χ3n) is 0.965. The van der Waals surface area contributed by atoms with Crippen LogP contribution in [0.5, 0.6) is 0 Å². The number of sulfonamides is 1. The van der Waals surface area contributed by atoms with Gasteiger partial charge in [0.15, 0.2) is 0 Å². The second-order valence-electron chi connectivity index (χ2n) is 2.60. The summed E-state index contributed by atoms with van der Waals surface area (Å²) in [6.07, 6.45) is 0. The Morgan fingerprint density at radius 2 is 1.67 bits per heavy atom. The Hall–Kier alpha value is -0.155. The van der Waals surface area contributed by atoms with Crippen molar-refractivity contribution in [2.24, 2.45) is 0 Å². The lowest BCUT2D eigenvalue weighted by Gasteiger charge is -2.11. The molecular formula is C5H8B3NO2S. The van der Waals surface area contributed by atoms with Crippen molar-refractivity contribution in [2.75, 3.05) is 0 Å². The van der Waals surface area contributed by atoms with E-state index in [-0.39, 0.29) is 6.04 Å². The molecule has 0 aliphatic heterocycles. The first-order valence-electron chi connectivity index (χ1n) is 3.30. The molecule has 0 unspecified atom stereocenters. The van der Waals surface area contributed by atoms with Crippen molar-refractivity contribution in [1.29, 1.82) is 0 Å². The van der Waals surface area contributed by atoms with Crippen molar-refractivity contribution in [3.05, 3.63) is 10.2 Å². The van der Waals surface area contributed by atoms with Crippen LogP contribution in [0.2, 0.25) is 0 Å². The molecule has 0 aromatic carbocycles. The van der Waals surface area contributed by atoms with Crippen LogP contribution >= 0.6 is 0 Å². The first-order chi connectivity index (χ1) is 5.27. The summed E-state index contributed by atoms with van der Waals surface area (Å²) in [6, 6.07) is -0.243. The standard InChI is InChI=1S/C5H8B3NO2S/c1-3(2)9-12(10,11)5(8)4(6)7/h3,9H,1-2H3. The summed E-state index contributed by atoms with van der Waals surface area (Å²) < 4.78 is 24.5. The lowest BCUT2D eigenvalue weighted by atomic mass is 9.75. The van der Waals surface area contributed by atoms with Crippen LogP contribution in [0.1, 0.15) is 13.8 Å². The summed E-state index contributed by atoms with van der Waals surface area (Å²) in [7, 11) is 11.4. The number of rotatable bonds is 3. The first kappa shape index (κ1) is 11.8. The molecule has 0 rings (SSSR count). The van der Waals surface area contributed by atoms with Crippen LogP contribution in [0, 0.1) is 0 Å². The van der Waals surface area contributed by atoms with E-state index in [0.29, 0.717) is 0 Å². The highest BCUT2D eigenvalue weighted by atomic mass is 32.2. The molecule has 0 fully saturated rings. The molecule has 0 heterocycles. The Kier molecular flexibility index (Phi) is 4.13. The van der Waals surface area contributed by atoms with E-state index in [2.05, 4.69) is 4.72 Å². The molecule has 0 bridgehead atoms. The predicted octanol–water partition coefficient (Wildman–Crippen LogP) is -1.05. The smallest absolute Gasteiger partial charge is 0.210 e. The van der Waals surface area contributed by atoms with Gasteiger partial charge in [-0.05, 0) is 18.7 Å². The van der Waals surface area contributed by atoms with Crippen LogP contribution in [0.25, 0.3) is 0 Å². The summed E-state index contributed by atoms with van der Waals surface area (Å²) in [5.74, 6) is 0. The van der Waals surface area contributed by atoms with Gasteiger partial charge >= 0.3 is 0 Å². The largest absolute Gasteiger partial charge is 0.225 e. The molecule has 0 aromatic rings. The molecular weight excluding hydrogens is 171 g/mol. The molecule has 0 saturated heterocycles. The molecule has 12 heavy (non-hydrogen) atoms. The lowest BCUT2D eigenvalue weighted by Crippen LogP contribution is -2.32. The summed E-state index contributed by atoms with van der Waals surface area (Å²) in [6.45, 7) is 3.33. The summed E-state index contributed by atoms with van der Waals surface area (Å²) >= 11 is 0. The fourth-order valence-electron chi connectivity index (χ4n) is 0.529. The van der Waals surface area contributed by atoms with Gasteiger partial charge in [-0.2, -0.15) is 5.37 Å². The van der Waals surface area contributed by atoms with Crippen molar-refractivity contribution in [2.45, 2.75) is 19.9 Å². The van der Waals surface area contributed by atoms with E-state index in [4.69, 9.17) is 23.5 Å². The van der Waals surface area contributed by atoms with E-state index in [1.165, 1.54) is 0 Å². The molecule has 0 atom stereocenters. The van der Waals surface area contributed by atoms with Crippen LogP contribution in [0.3, 0.4) is 0 Å². The third kappa shape index (κ3) is 3.49. The maximum absolute atomic E-state index is 11.1. The Bertz CT molecular complexity index is 279. The maximum atomic E-state index is 11.1. The SMILES string of the molecule is [B]C([B])=C([B])S(=O)(=O)NC(C)C. The minimum absolute atomic E-state index is 0.243. The highest BCUT2D eigenvalue weighted by Crippen LogP contribution is 2.02. The van der Waals surface area contributed by atoms with Gasteiger partial charge in [0.25, 0.3) is 0 Å². The molecule has 3 nitrogen and oxygen atoms in total. The van der Waals surface area contributed by atoms with E-state index >= 15 is 0 Å². The molecule has 60 valence electrons. The van der Waals surface area contributed by atoms with Crippen LogP contribution in [-0.2, 0) is 10.0 Å². The van der Waals surface area contributed by atoms with Gasteiger partial charge in [-0.1, -0.05) is 0 Å². The normalized spacial score (nSPS) is 11.6. The first-order valence-corrected chi connectivity index (χ1v) is 4.78. The molecule has 6 radical (unpaired) electrons. The van der Waals surface area contributed by atoms with Crippen molar-refractivity contribution in [3.63, 3.8) is 0 Å². The van der Waals surface area contributed by atoms with Crippen LogP contribution < -0.4 is 4.72 Å². The molecule has 0 amide bonds. The molecule has 0 aliphatic rings. The summed E-state index contributed by atoms with van der Waals surface area (Å²) in [4.78, 5) is -0.531. The van der Waals surface area contributed by atoms with E-state index in [0.717, 1.165) is 0 Å². The van der Waals surface area contributed by atoms with Crippen molar-refractivity contribution in [3.8, 4) is 0 Å². The Morgan fingerprint density at radius 3 is 1.92 bits per heavy atom. The highest BCUT2D eigenvalue weighted by molar-refractivity contribution is 7.95. The second-order valence-corrected chi connectivity index (χ2v) is 4.28. The van der Waals surface area contributed by atoms with Crippen molar-refractivity contribution >= 4 is 33.6 Å². The quantitative estimate of drug-likeness (QED) is 0.561. The Labute approximate surface area is 77.3 Å². The zero-order valence-corrected chi connectivity index (χ0v) is 7.85. The third-order valence-corrected chi connectivity index (χ3v) is 2.56. The Morgan fingerprint density at radius 1 is 1.25 bits per heavy atom. The zero-order chi connectivity index (χ0) is 9.94. The van der Waals surface area contributed by atoms with Crippen molar-refractivity contribution in [1.82, 2.24) is 4.72 Å². The van der Waals surface area contributed by atoms with Gasteiger partial charge in [0, 0.05) is 6.04 Å². The van der Waals surface area contributed by atoms with Crippen LogP contribution in [0.15, 0.2) is 10.2 Å². The summed E-state index contributed by atoms with van der Waals surface area (Å²) in [5.41, 5.74) is 0. The fourth-order valence-corrected chi connectivity index (χ4v) is 1.59. The van der Waals surface area contributed by atoms with Gasteiger partial charge in [0.05, 0.1) is 15.7 Å². The average molecular weight is 179 g/mol. The number of hydrogen-bond donors (Lipinski definition) is 1. The van der Waals surface area contributed by atoms with Gasteiger partial charge in [-0.25, -0.2) is 13.1 Å². The monoisotopic (exact) mass is 179 g/mol. The molecule has 0 aromatic heterocycles. The van der Waals surface area contributed by atoms with E-state index in [9.17, 15) is 8.42 Å². The Balaban J connectivity index is 4.78. The minimum atomic E-state index is -3.70. The average Bonchev–Trinajstić information content (AvgIpc) is 1.82. The highest BCUT2D eigenvalue weighted by Gasteiger charge is 2.13. The molecule has 0 aliphatic carbocycles. The maximum Gasteiger partial charge on any atom is 0.225 e. The molecule has 1 N–H and O–H groups in total. The molecule has 7 heteroatoms. The van der Waals surface area contributed by atoms with Crippen molar-refractivity contribution < 1.29 is 8.42 Å². The van der Waals surface area contributed by atoms with Gasteiger partial charge in [0.1, 0.15) is 7.85 Å². The van der Waals surface area contributed by atoms with Gasteiger partial charge in [-0.3, -0.25) is 0 Å².